The Balaban J connectivity index is 1.80. The van der Waals surface area contributed by atoms with Gasteiger partial charge < -0.3 is 10.4 Å². The maximum absolute atomic E-state index is 9.33. The molecule has 0 aromatic heterocycles. The Hall–Kier alpha value is -2.06. The minimum absolute atomic E-state index is 0.0882. The van der Waals surface area contributed by atoms with E-state index in [-0.39, 0.29) is 17.4 Å². The molecule has 0 amide bonds. The number of hydrogen-bond acceptors (Lipinski definition) is 2. The van der Waals surface area contributed by atoms with E-state index in [2.05, 4.69) is 76.3 Å². The van der Waals surface area contributed by atoms with Gasteiger partial charge in [0.1, 0.15) is 0 Å². The van der Waals surface area contributed by atoms with Crippen molar-refractivity contribution in [2.75, 3.05) is 11.9 Å². The Bertz CT molecular complexity index is 936. The smallest absolute Gasteiger partial charge is 0.0681 e. The lowest BCUT2D eigenvalue weighted by Gasteiger charge is -2.42. The van der Waals surface area contributed by atoms with Gasteiger partial charge in [-0.2, -0.15) is 0 Å². The van der Waals surface area contributed by atoms with Crippen molar-refractivity contribution in [2.24, 2.45) is 0 Å². The highest BCUT2D eigenvalue weighted by atomic mass is 16.3. The molecule has 2 aromatic rings. The Morgan fingerprint density at radius 2 is 1.50 bits per heavy atom. The molecule has 2 heteroatoms. The van der Waals surface area contributed by atoms with Crippen LogP contribution in [-0.4, -0.2) is 11.7 Å². The normalized spacial score (nSPS) is 16.8. The summed E-state index contributed by atoms with van der Waals surface area (Å²) in [5.74, 6) is 0. The van der Waals surface area contributed by atoms with Gasteiger partial charge in [-0.15, -0.1) is 0 Å². The number of hydrogen-bond donors (Lipinski definition) is 2. The van der Waals surface area contributed by atoms with E-state index in [1.165, 1.54) is 73.6 Å². The number of anilines is 1. The van der Waals surface area contributed by atoms with E-state index in [9.17, 15) is 5.11 Å². The van der Waals surface area contributed by atoms with Crippen molar-refractivity contribution in [3.8, 4) is 0 Å². The average molecular weight is 462 g/mol. The first kappa shape index (κ1) is 26.5. The van der Waals surface area contributed by atoms with Crippen molar-refractivity contribution >= 4 is 11.3 Å². The third-order valence-electron chi connectivity index (χ3n) is 7.79. The molecular weight excluding hydrogens is 414 g/mol. The number of fused-ring (bicyclic) bond motifs is 1. The molecule has 1 aliphatic rings. The number of unbranched alkanes of at least 4 members (excludes halogenated alkanes) is 6. The molecule has 186 valence electrons. The summed E-state index contributed by atoms with van der Waals surface area (Å²) >= 11 is 0. The molecule has 0 unspecified atom stereocenters. The summed E-state index contributed by atoms with van der Waals surface area (Å²) in [7, 11) is 0. The summed E-state index contributed by atoms with van der Waals surface area (Å²) in [6.45, 7) is 12.8. The summed E-state index contributed by atoms with van der Waals surface area (Å²) in [4.78, 5) is 0. The second kappa shape index (κ2) is 12.1. The average Bonchev–Trinajstić information content (AvgIpc) is 2.83. The predicted molar refractivity (Wildman–Crippen MR) is 149 cm³/mol. The van der Waals surface area contributed by atoms with Gasteiger partial charge in [0.15, 0.2) is 0 Å². The van der Waals surface area contributed by atoms with Crippen molar-refractivity contribution < 1.29 is 5.11 Å². The molecule has 0 radical (unpaired) electrons. The van der Waals surface area contributed by atoms with Crippen LogP contribution < -0.4 is 5.32 Å². The monoisotopic (exact) mass is 461 g/mol. The lowest BCUT2D eigenvalue weighted by Crippen LogP contribution is -2.33. The van der Waals surface area contributed by atoms with E-state index in [4.69, 9.17) is 0 Å². The standard InChI is InChI=1S/C32H47NO/c1-6-7-8-9-10-11-12-13-27(23-33-28-17-14-25(24-34)15-18-28)26-16-19-29-30(22-26)32(4,5)21-20-31(29,2)3/h13-19,22,33-34H,6-12,20-21,23-24H2,1-5H3/b27-13-. The Morgan fingerprint density at radius 3 is 2.18 bits per heavy atom. The van der Waals surface area contributed by atoms with Gasteiger partial charge in [-0.3, -0.25) is 0 Å². The molecule has 34 heavy (non-hydrogen) atoms. The van der Waals surface area contributed by atoms with E-state index in [1.807, 2.05) is 12.1 Å². The van der Waals surface area contributed by atoms with Crippen LogP contribution in [0.3, 0.4) is 0 Å². The molecule has 2 nitrogen and oxygen atoms in total. The van der Waals surface area contributed by atoms with E-state index < -0.39 is 0 Å². The van der Waals surface area contributed by atoms with Crippen molar-refractivity contribution in [3.63, 3.8) is 0 Å². The number of nitrogens with one attached hydrogen (secondary N) is 1. The first-order valence-electron chi connectivity index (χ1n) is 13.5. The lowest BCUT2D eigenvalue weighted by molar-refractivity contribution is 0.282. The minimum atomic E-state index is 0.0882. The second-order valence-corrected chi connectivity index (χ2v) is 11.5. The van der Waals surface area contributed by atoms with Gasteiger partial charge in [0.25, 0.3) is 0 Å². The number of aliphatic hydroxyl groups excluding tert-OH is 1. The minimum Gasteiger partial charge on any atom is -0.392 e. The van der Waals surface area contributed by atoms with Crippen LogP contribution in [0.2, 0.25) is 0 Å². The third kappa shape index (κ3) is 6.98. The molecule has 0 saturated heterocycles. The van der Waals surface area contributed by atoms with Crippen LogP contribution in [0.5, 0.6) is 0 Å². The van der Waals surface area contributed by atoms with E-state index in [0.29, 0.717) is 0 Å². The molecule has 0 aliphatic heterocycles. The van der Waals surface area contributed by atoms with Crippen LogP contribution in [0, 0.1) is 0 Å². The number of rotatable bonds is 12. The predicted octanol–water partition coefficient (Wildman–Crippen LogP) is 8.77. The summed E-state index contributed by atoms with van der Waals surface area (Å²) in [5, 5.41) is 13.0. The Morgan fingerprint density at radius 1 is 0.853 bits per heavy atom. The first-order chi connectivity index (χ1) is 16.3. The largest absolute Gasteiger partial charge is 0.392 e. The van der Waals surface area contributed by atoms with E-state index in [0.717, 1.165) is 24.2 Å². The van der Waals surface area contributed by atoms with Gasteiger partial charge in [-0.25, -0.2) is 0 Å². The molecule has 0 fully saturated rings. The highest BCUT2D eigenvalue weighted by molar-refractivity contribution is 5.71. The maximum atomic E-state index is 9.33. The van der Waals surface area contributed by atoms with Crippen LogP contribution in [0.25, 0.3) is 5.57 Å². The number of benzene rings is 2. The first-order valence-corrected chi connectivity index (χ1v) is 13.5. The Labute approximate surface area is 208 Å². The maximum Gasteiger partial charge on any atom is 0.0681 e. The van der Waals surface area contributed by atoms with Crippen LogP contribution in [0.4, 0.5) is 5.69 Å². The SMILES string of the molecule is CCCCCCCC/C=C(/CNc1ccc(CO)cc1)c1ccc2c(c1)C(C)(C)CCC2(C)C. The summed E-state index contributed by atoms with van der Waals surface area (Å²) < 4.78 is 0. The molecule has 0 heterocycles. The number of allylic oxidation sites excluding steroid dienone is 1. The van der Waals surface area contributed by atoms with Gasteiger partial charge in [0.05, 0.1) is 6.61 Å². The molecule has 3 rings (SSSR count). The zero-order valence-corrected chi connectivity index (χ0v) is 22.3. The highest BCUT2D eigenvalue weighted by Crippen LogP contribution is 2.46. The van der Waals surface area contributed by atoms with Crippen LogP contribution in [0.1, 0.15) is 115 Å². The molecule has 1 aliphatic carbocycles. The van der Waals surface area contributed by atoms with Gasteiger partial charge >= 0.3 is 0 Å². The molecule has 0 atom stereocenters. The highest BCUT2D eigenvalue weighted by Gasteiger charge is 2.37. The molecule has 2 aromatic carbocycles. The van der Waals surface area contributed by atoms with Crippen LogP contribution in [0.15, 0.2) is 48.5 Å². The quantitative estimate of drug-likeness (QED) is 0.310. The lowest BCUT2D eigenvalue weighted by atomic mass is 9.63. The van der Waals surface area contributed by atoms with Crippen molar-refractivity contribution in [1.82, 2.24) is 0 Å². The van der Waals surface area contributed by atoms with Gasteiger partial charge in [0.2, 0.25) is 0 Å². The topological polar surface area (TPSA) is 32.3 Å². The van der Waals surface area contributed by atoms with E-state index in [1.54, 1.807) is 0 Å². The molecular formula is C32H47NO. The Kier molecular flexibility index (Phi) is 9.42. The van der Waals surface area contributed by atoms with Crippen LogP contribution >= 0.6 is 0 Å². The number of aliphatic hydroxyl groups is 1. The fourth-order valence-corrected chi connectivity index (χ4v) is 5.21. The van der Waals surface area contributed by atoms with E-state index >= 15 is 0 Å². The van der Waals surface area contributed by atoms with Gasteiger partial charge in [-0.1, -0.05) is 103 Å². The van der Waals surface area contributed by atoms with Crippen LogP contribution in [-0.2, 0) is 17.4 Å². The fourth-order valence-electron chi connectivity index (χ4n) is 5.21. The molecule has 0 spiro atoms. The van der Waals surface area contributed by atoms with Crippen molar-refractivity contribution in [2.45, 2.75) is 110 Å². The van der Waals surface area contributed by atoms with Gasteiger partial charge in [0, 0.05) is 12.2 Å². The second-order valence-electron chi connectivity index (χ2n) is 11.5. The van der Waals surface area contributed by atoms with Crippen molar-refractivity contribution in [1.29, 1.82) is 0 Å². The zero-order chi connectivity index (χ0) is 24.6. The van der Waals surface area contributed by atoms with Crippen molar-refractivity contribution in [3.05, 3.63) is 70.8 Å². The fraction of sp³-hybridized carbons (Fsp3) is 0.562. The molecule has 2 N–H and O–H groups in total. The summed E-state index contributed by atoms with van der Waals surface area (Å²) in [6, 6.07) is 15.4. The molecule has 0 bridgehead atoms. The zero-order valence-electron chi connectivity index (χ0n) is 22.3. The summed E-state index contributed by atoms with van der Waals surface area (Å²) in [5.41, 5.74) is 8.31. The summed E-state index contributed by atoms with van der Waals surface area (Å²) in [6.07, 6.45) is 14.1. The third-order valence-corrected chi connectivity index (χ3v) is 7.79. The molecule has 0 saturated carbocycles. The van der Waals surface area contributed by atoms with Gasteiger partial charge in [-0.05, 0) is 76.5 Å².